The molecule has 7 heteroatoms. The first-order valence-corrected chi connectivity index (χ1v) is 7.67. The second-order valence-corrected chi connectivity index (χ2v) is 5.44. The number of carbonyl (C=O) groups is 1. The predicted octanol–water partition coefficient (Wildman–Crippen LogP) is 3.71. The minimum absolute atomic E-state index is 0.0689. The molecule has 0 saturated carbocycles. The van der Waals surface area contributed by atoms with Gasteiger partial charge in [-0.1, -0.05) is 31.2 Å². The van der Waals surface area contributed by atoms with Crippen LogP contribution >= 0.6 is 0 Å². The second-order valence-electron chi connectivity index (χ2n) is 5.44. The van der Waals surface area contributed by atoms with Crippen molar-refractivity contribution in [2.24, 2.45) is 0 Å². The van der Waals surface area contributed by atoms with E-state index < -0.39 is 10.9 Å². The lowest BCUT2D eigenvalue weighted by Gasteiger charge is -2.03. The molecule has 126 valence electrons. The fourth-order valence-corrected chi connectivity index (χ4v) is 2.58. The molecule has 0 atom stereocenters. The molecule has 0 radical (unpaired) electrons. The molecule has 0 aliphatic rings. The van der Waals surface area contributed by atoms with E-state index in [9.17, 15) is 20.0 Å². The van der Waals surface area contributed by atoms with E-state index >= 15 is 0 Å². The maximum absolute atomic E-state index is 11.6. The third kappa shape index (κ3) is 3.12. The highest BCUT2D eigenvalue weighted by Crippen LogP contribution is 2.31. The topological polar surface area (TPSA) is 98.3 Å². The largest absolute Gasteiger partial charge is 0.478 e. The van der Waals surface area contributed by atoms with E-state index in [4.69, 9.17) is 0 Å². The van der Waals surface area contributed by atoms with Gasteiger partial charge in [0.2, 0.25) is 0 Å². The summed E-state index contributed by atoms with van der Waals surface area (Å²) in [5.74, 6) is -1.19. The molecule has 1 aromatic heterocycles. The van der Waals surface area contributed by atoms with E-state index in [2.05, 4.69) is 5.10 Å². The Bertz CT molecular complexity index is 945. The molecule has 0 bridgehead atoms. The molecule has 0 saturated heterocycles. The number of aromatic nitrogens is 2. The lowest BCUT2D eigenvalue weighted by molar-refractivity contribution is -0.384. The molecule has 1 N–H and O–H groups in total. The molecule has 7 nitrogen and oxygen atoms in total. The lowest BCUT2D eigenvalue weighted by atomic mass is 10.1. The predicted molar refractivity (Wildman–Crippen MR) is 92.0 cm³/mol. The van der Waals surface area contributed by atoms with Crippen LogP contribution in [0.4, 0.5) is 5.69 Å². The number of carboxylic acids is 1. The van der Waals surface area contributed by atoms with E-state index in [0.717, 1.165) is 12.0 Å². The van der Waals surface area contributed by atoms with Crippen LogP contribution in [0.15, 0.2) is 54.7 Å². The van der Waals surface area contributed by atoms with Crippen molar-refractivity contribution in [1.29, 1.82) is 0 Å². The van der Waals surface area contributed by atoms with Crippen LogP contribution < -0.4 is 0 Å². The van der Waals surface area contributed by atoms with Crippen LogP contribution in [0.1, 0.15) is 22.8 Å². The zero-order chi connectivity index (χ0) is 18.0. The van der Waals surface area contributed by atoms with Crippen LogP contribution in [0.5, 0.6) is 0 Å². The van der Waals surface area contributed by atoms with Crippen molar-refractivity contribution in [3.8, 4) is 16.9 Å². The van der Waals surface area contributed by atoms with Crippen molar-refractivity contribution >= 4 is 11.7 Å². The van der Waals surface area contributed by atoms with Crippen LogP contribution in [0, 0.1) is 10.1 Å². The Morgan fingerprint density at radius 1 is 1.20 bits per heavy atom. The summed E-state index contributed by atoms with van der Waals surface area (Å²) in [7, 11) is 0. The Labute approximate surface area is 143 Å². The first kappa shape index (κ1) is 16.4. The Morgan fingerprint density at radius 3 is 2.48 bits per heavy atom. The number of nitro groups is 1. The van der Waals surface area contributed by atoms with Crippen molar-refractivity contribution in [1.82, 2.24) is 9.78 Å². The number of hydrogen-bond donors (Lipinski definition) is 1. The van der Waals surface area contributed by atoms with Crippen molar-refractivity contribution in [3.05, 3.63) is 76.0 Å². The Hall–Kier alpha value is -3.48. The molecule has 2 aromatic carbocycles. The molecule has 0 spiro atoms. The fraction of sp³-hybridized carbons (Fsp3) is 0.111. The summed E-state index contributed by atoms with van der Waals surface area (Å²) in [5.41, 5.74) is 1.80. The summed E-state index contributed by atoms with van der Waals surface area (Å²) >= 11 is 0. The van der Waals surface area contributed by atoms with Crippen molar-refractivity contribution in [2.75, 3.05) is 0 Å². The lowest BCUT2D eigenvalue weighted by Crippen LogP contribution is -1.99. The zero-order valence-electron chi connectivity index (χ0n) is 13.4. The van der Waals surface area contributed by atoms with Gasteiger partial charge in [-0.3, -0.25) is 10.1 Å². The monoisotopic (exact) mass is 337 g/mol. The summed E-state index contributed by atoms with van der Waals surface area (Å²) in [6, 6.07) is 13.5. The van der Waals surface area contributed by atoms with Gasteiger partial charge in [0.15, 0.2) is 0 Å². The number of para-hydroxylation sites is 1. The standard InChI is InChI=1S/C18H15N3O4/c1-2-12-7-9-13(10-8-12)20-11-15(18(22)23)17(19-20)14-5-3-4-6-16(14)21(24)25/h3-11H,2H2,1H3,(H,22,23). The smallest absolute Gasteiger partial charge is 0.339 e. The van der Waals surface area contributed by atoms with E-state index in [1.807, 2.05) is 31.2 Å². The van der Waals surface area contributed by atoms with Crippen LogP contribution in [-0.4, -0.2) is 25.8 Å². The summed E-state index contributed by atoms with van der Waals surface area (Å²) < 4.78 is 1.43. The number of rotatable bonds is 5. The Morgan fingerprint density at radius 2 is 1.88 bits per heavy atom. The summed E-state index contributed by atoms with van der Waals surface area (Å²) in [6.45, 7) is 2.04. The van der Waals surface area contributed by atoms with Gasteiger partial charge in [0.05, 0.1) is 16.2 Å². The summed E-state index contributed by atoms with van der Waals surface area (Å²) in [6.07, 6.45) is 2.26. The quantitative estimate of drug-likeness (QED) is 0.565. The Kier molecular flexibility index (Phi) is 4.30. The van der Waals surface area contributed by atoms with Gasteiger partial charge in [0.1, 0.15) is 11.3 Å². The van der Waals surface area contributed by atoms with Crippen LogP contribution in [0.2, 0.25) is 0 Å². The van der Waals surface area contributed by atoms with E-state index in [0.29, 0.717) is 5.69 Å². The van der Waals surface area contributed by atoms with Crippen molar-refractivity contribution in [3.63, 3.8) is 0 Å². The van der Waals surface area contributed by atoms with Crippen molar-refractivity contribution in [2.45, 2.75) is 13.3 Å². The third-order valence-corrected chi connectivity index (χ3v) is 3.91. The first-order valence-electron chi connectivity index (χ1n) is 7.67. The molecule has 0 amide bonds. The number of nitrogens with zero attached hydrogens (tertiary/aromatic N) is 3. The van der Waals surface area contributed by atoms with Gasteiger partial charge < -0.3 is 5.11 Å². The maximum atomic E-state index is 11.6. The highest BCUT2D eigenvalue weighted by Gasteiger charge is 2.24. The molecule has 0 aliphatic carbocycles. The number of aryl methyl sites for hydroxylation is 1. The molecule has 3 aromatic rings. The molecular weight excluding hydrogens is 322 g/mol. The maximum Gasteiger partial charge on any atom is 0.339 e. The van der Waals surface area contributed by atoms with Gasteiger partial charge in [0, 0.05) is 12.3 Å². The van der Waals surface area contributed by atoms with Crippen LogP contribution in [0.25, 0.3) is 16.9 Å². The van der Waals surface area contributed by atoms with Crippen molar-refractivity contribution < 1.29 is 14.8 Å². The molecule has 25 heavy (non-hydrogen) atoms. The minimum Gasteiger partial charge on any atom is -0.478 e. The fourth-order valence-electron chi connectivity index (χ4n) is 2.58. The van der Waals surface area contributed by atoms with E-state index in [1.165, 1.54) is 29.1 Å². The molecule has 0 unspecified atom stereocenters. The second kappa shape index (κ2) is 6.56. The normalized spacial score (nSPS) is 10.6. The Balaban J connectivity index is 2.16. The van der Waals surface area contributed by atoms with Gasteiger partial charge in [-0.15, -0.1) is 0 Å². The van der Waals surface area contributed by atoms with Gasteiger partial charge in [-0.25, -0.2) is 9.48 Å². The third-order valence-electron chi connectivity index (χ3n) is 3.91. The van der Waals surface area contributed by atoms with Gasteiger partial charge in [-0.05, 0) is 30.2 Å². The first-order chi connectivity index (χ1) is 12.0. The number of aromatic carboxylic acids is 1. The molecule has 0 aliphatic heterocycles. The van der Waals surface area contributed by atoms with Gasteiger partial charge in [0.25, 0.3) is 5.69 Å². The summed E-state index contributed by atoms with van der Waals surface area (Å²) in [5, 5.41) is 25.0. The van der Waals surface area contributed by atoms with Crippen LogP contribution in [-0.2, 0) is 6.42 Å². The average molecular weight is 337 g/mol. The van der Waals surface area contributed by atoms with E-state index in [1.54, 1.807) is 6.07 Å². The summed E-state index contributed by atoms with van der Waals surface area (Å²) in [4.78, 5) is 22.3. The number of nitro benzene ring substituents is 1. The van der Waals surface area contributed by atoms with Crippen LogP contribution in [0.3, 0.4) is 0 Å². The minimum atomic E-state index is -1.19. The highest BCUT2D eigenvalue weighted by molar-refractivity contribution is 5.96. The van der Waals surface area contributed by atoms with E-state index in [-0.39, 0.29) is 22.5 Å². The number of benzene rings is 2. The number of hydrogen-bond acceptors (Lipinski definition) is 4. The zero-order valence-corrected chi connectivity index (χ0v) is 13.4. The molecule has 1 heterocycles. The highest BCUT2D eigenvalue weighted by atomic mass is 16.6. The molecule has 0 fully saturated rings. The molecule has 3 rings (SSSR count). The SMILES string of the molecule is CCc1ccc(-n2cc(C(=O)O)c(-c3ccccc3[N+](=O)[O-])n2)cc1. The number of carboxylic acid groups (broad SMARTS) is 1. The van der Waals surface area contributed by atoms with Gasteiger partial charge in [-0.2, -0.15) is 5.10 Å². The molecular formula is C18H15N3O4. The van der Waals surface area contributed by atoms with Gasteiger partial charge >= 0.3 is 5.97 Å². The average Bonchev–Trinajstić information content (AvgIpc) is 3.07.